The Morgan fingerprint density at radius 3 is 2.33 bits per heavy atom. The van der Waals surface area contributed by atoms with Gasteiger partial charge in [-0.05, 0) is 35.4 Å². The maximum atomic E-state index is 3.48. The Morgan fingerprint density at radius 1 is 0.944 bits per heavy atom. The van der Waals surface area contributed by atoms with Crippen molar-refractivity contribution in [2.75, 3.05) is 12.4 Å². The molecule has 0 heterocycles. The fourth-order valence-electron chi connectivity index (χ4n) is 1.79. The van der Waals surface area contributed by atoms with Gasteiger partial charge in [-0.25, -0.2) is 0 Å². The molecule has 2 N–H and O–H groups in total. The molecule has 0 aliphatic rings. The van der Waals surface area contributed by atoms with E-state index in [2.05, 4.69) is 69.0 Å². The Morgan fingerprint density at radius 2 is 1.67 bits per heavy atom. The van der Waals surface area contributed by atoms with E-state index in [-0.39, 0.29) is 0 Å². The van der Waals surface area contributed by atoms with Crippen molar-refractivity contribution in [1.29, 1.82) is 0 Å². The molecule has 18 heavy (non-hydrogen) atoms. The van der Waals surface area contributed by atoms with Crippen molar-refractivity contribution in [1.82, 2.24) is 5.32 Å². The molecular weight excluding hydrogens is 288 g/mol. The first-order chi connectivity index (χ1) is 8.78. The van der Waals surface area contributed by atoms with Crippen LogP contribution in [-0.4, -0.2) is 7.05 Å². The van der Waals surface area contributed by atoms with Crippen LogP contribution in [0.1, 0.15) is 11.1 Å². The molecule has 0 unspecified atom stereocenters. The molecule has 0 aliphatic carbocycles. The van der Waals surface area contributed by atoms with Crippen LogP contribution in [0.5, 0.6) is 0 Å². The van der Waals surface area contributed by atoms with Crippen LogP contribution in [0.15, 0.2) is 53.0 Å². The third-order valence-electron chi connectivity index (χ3n) is 2.79. The lowest BCUT2D eigenvalue weighted by Gasteiger charge is -2.06. The van der Waals surface area contributed by atoms with E-state index in [1.807, 2.05) is 13.1 Å². The van der Waals surface area contributed by atoms with Crippen LogP contribution in [0, 0.1) is 0 Å². The third-order valence-corrected chi connectivity index (χ3v) is 3.28. The molecule has 0 saturated carbocycles. The van der Waals surface area contributed by atoms with E-state index in [0.717, 1.165) is 23.2 Å². The molecule has 2 nitrogen and oxygen atoms in total. The predicted molar refractivity (Wildman–Crippen MR) is 80.7 cm³/mol. The Labute approximate surface area is 117 Å². The fourth-order valence-corrected chi connectivity index (χ4v) is 2.23. The minimum atomic E-state index is 0.882. The predicted octanol–water partition coefficient (Wildman–Crippen LogP) is 3.78. The van der Waals surface area contributed by atoms with Gasteiger partial charge in [0.15, 0.2) is 0 Å². The van der Waals surface area contributed by atoms with Gasteiger partial charge in [0.2, 0.25) is 0 Å². The lowest BCUT2D eigenvalue weighted by molar-refractivity contribution is 0.693. The summed E-state index contributed by atoms with van der Waals surface area (Å²) in [4.78, 5) is 0. The van der Waals surface area contributed by atoms with Gasteiger partial charge >= 0.3 is 0 Å². The summed E-state index contributed by atoms with van der Waals surface area (Å²) >= 11 is 3.48. The highest BCUT2D eigenvalue weighted by Crippen LogP contribution is 2.12. The molecule has 2 rings (SSSR count). The lowest BCUT2D eigenvalue weighted by atomic mass is 10.2. The van der Waals surface area contributed by atoms with Crippen molar-refractivity contribution in [2.45, 2.75) is 13.1 Å². The zero-order valence-electron chi connectivity index (χ0n) is 10.4. The van der Waals surface area contributed by atoms with Crippen LogP contribution in [-0.2, 0) is 13.1 Å². The highest BCUT2D eigenvalue weighted by atomic mass is 79.9. The van der Waals surface area contributed by atoms with Crippen molar-refractivity contribution in [3.8, 4) is 0 Å². The lowest BCUT2D eigenvalue weighted by Crippen LogP contribution is -2.12. The van der Waals surface area contributed by atoms with Crippen LogP contribution in [0.3, 0.4) is 0 Å². The molecule has 0 radical (unpaired) electrons. The first-order valence-electron chi connectivity index (χ1n) is 6.00. The van der Waals surface area contributed by atoms with Crippen LogP contribution in [0.2, 0.25) is 0 Å². The van der Waals surface area contributed by atoms with E-state index in [1.54, 1.807) is 0 Å². The topological polar surface area (TPSA) is 24.1 Å². The summed E-state index contributed by atoms with van der Waals surface area (Å²) in [5.74, 6) is 0. The van der Waals surface area contributed by atoms with Gasteiger partial charge in [0.05, 0.1) is 0 Å². The Bertz CT molecular complexity index is 494. The molecule has 0 fully saturated rings. The maximum Gasteiger partial charge on any atom is 0.0337 e. The molecule has 0 saturated heterocycles. The molecule has 0 spiro atoms. The van der Waals surface area contributed by atoms with Crippen LogP contribution < -0.4 is 10.6 Å². The van der Waals surface area contributed by atoms with Gasteiger partial charge in [0, 0.05) is 30.3 Å². The summed E-state index contributed by atoms with van der Waals surface area (Å²) in [7, 11) is 1.93. The number of benzene rings is 2. The summed E-state index contributed by atoms with van der Waals surface area (Å²) < 4.78 is 1.13. The second-order valence-electron chi connectivity index (χ2n) is 4.18. The van der Waals surface area contributed by atoms with Crippen molar-refractivity contribution >= 4 is 21.6 Å². The minimum absolute atomic E-state index is 0.882. The highest BCUT2D eigenvalue weighted by Gasteiger charge is 1.96. The molecule has 2 aromatic carbocycles. The first-order valence-corrected chi connectivity index (χ1v) is 6.79. The number of anilines is 1. The number of halogens is 1. The molecule has 3 heteroatoms. The number of rotatable bonds is 5. The van der Waals surface area contributed by atoms with E-state index in [0.29, 0.717) is 0 Å². The molecule has 0 aromatic heterocycles. The maximum absolute atomic E-state index is 3.48. The number of nitrogens with one attached hydrogen (secondary N) is 2. The second-order valence-corrected chi connectivity index (χ2v) is 5.10. The van der Waals surface area contributed by atoms with Crippen LogP contribution in [0.25, 0.3) is 0 Å². The van der Waals surface area contributed by atoms with E-state index < -0.39 is 0 Å². The molecular formula is C15H17BrN2. The van der Waals surface area contributed by atoms with Crippen LogP contribution >= 0.6 is 15.9 Å². The van der Waals surface area contributed by atoms with Crippen molar-refractivity contribution in [3.63, 3.8) is 0 Å². The number of hydrogen-bond acceptors (Lipinski definition) is 2. The van der Waals surface area contributed by atoms with Gasteiger partial charge in [-0.2, -0.15) is 0 Å². The Hall–Kier alpha value is -1.32. The Balaban J connectivity index is 1.84. The average Bonchev–Trinajstić information content (AvgIpc) is 2.40. The van der Waals surface area contributed by atoms with Crippen molar-refractivity contribution < 1.29 is 0 Å². The zero-order valence-corrected chi connectivity index (χ0v) is 12.0. The molecule has 0 aliphatic heterocycles. The monoisotopic (exact) mass is 304 g/mol. The molecule has 0 bridgehead atoms. The number of hydrogen-bond donors (Lipinski definition) is 2. The van der Waals surface area contributed by atoms with Gasteiger partial charge in [0.25, 0.3) is 0 Å². The minimum Gasteiger partial charge on any atom is -0.388 e. The quantitative estimate of drug-likeness (QED) is 0.878. The van der Waals surface area contributed by atoms with Crippen molar-refractivity contribution in [3.05, 3.63) is 64.1 Å². The van der Waals surface area contributed by atoms with Gasteiger partial charge < -0.3 is 10.6 Å². The van der Waals surface area contributed by atoms with E-state index in [4.69, 9.17) is 0 Å². The van der Waals surface area contributed by atoms with Crippen molar-refractivity contribution in [2.24, 2.45) is 0 Å². The Kier molecular flexibility index (Phi) is 4.79. The highest BCUT2D eigenvalue weighted by molar-refractivity contribution is 9.10. The third kappa shape index (κ3) is 3.86. The molecule has 94 valence electrons. The summed E-state index contributed by atoms with van der Waals surface area (Å²) in [6.07, 6.45) is 0. The normalized spacial score (nSPS) is 10.3. The van der Waals surface area contributed by atoms with E-state index in [9.17, 15) is 0 Å². The summed E-state index contributed by atoms with van der Waals surface area (Å²) in [6.45, 7) is 1.77. The standard InChI is InChI=1S/C15H17BrN2/c1-17-15-7-5-12(6-8-15)10-18-11-13-3-2-4-14(16)9-13/h2-9,17-18H,10-11H2,1H3. The van der Waals surface area contributed by atoms with Gasteiger partial charge in [0.1, 0.15) is 0 Å². The molecule has 2 aromatic rings. The fraction of sp³-hybridized carbons (Fsp3) is 0.200. The van der Waals surface area contributed by atoms with E-state index >= 15 is 0 Å². The smallest absolute Gasteiger partial charge is 0.0337 e. The largest absolute Gasteiger partial charge is 0.388 e. The average molecular weight is 305 g/mol. The van der Waals surface area contributed by atoms with Gasteiger partial charge in [-0.15, -0.1) is 0 Å². The second kappa shape index (κ2) is 6.57. The molecule has 0 amide bonds. The van der Waals surface area contributed by atoms with E-state index in [1.165, 1.54) is 11.1 Å². The first kappa shape index (κ1) is 13.1. The summed E-state index contributed by atoms with van der Waals surface area (Å²) in [5, 5.41) is 6.56. The van der Waals surface area contributed by atoms with Gasteiger partial charge in [-0.3, -0.25) is 0 Å². The summed E-state index contributed by atoms with van der Waals surface area (Å²) in [6, 6.07) is 16.8. The van der Waals surface area contributed by atoms with Gasteiger partial charge in [-0.1, -0.05) is 40.2 Å². The SMILES string of the molecule is CNc1ccc(CNCc2cccc(Br)c2)cc1. The zero-order chi connectivity index (χ0) is 12.8. The molecule has 0 atom stereocenters. The van der Waals surface area contributed by atoms with Crippen LogP contribution in [0.4, 0.5) is 5.69 Å². The summed E-state index contributed by atoms with van der Waals surface area (Å²) in [5.41, 5.74) is 3.73.